The maximum Gasteiger partial charge on any atom is 0.424 e. The van der Waals surface area contributed by atoms with Crippen molar-refractivity contribution in [3.63, 3.8) is 0 Å². The smallest absolute Gasteiger partial charge is 0.424 e. The fourth-order valence-electron chi connectivity index (χ4n) is 3.73. The Hall–Kier alpha value is -2.12. The quantitative estimate of drug-likeness (QED) is 0.740. The molecule has 30 heavy (non-hydrogen) atoms. The molecule has 13 heteroatoms. The SMILES string of the molecule is C[C@H]1Cn2nc(OCC3CN(S(C)(=O)=O)C3)cc2-c2cnc([C@@](C)(O)C(F)(F)F)n21. The topological polar surface area (TPSA) is 102 Å². The molecule has 0 spiro atoms. The zero-order chi connectivity index (χ0) is 22.1. The molecule has 2 aliphatic rings. The van der Waals surface area contributed by atoms with Gasteiger partial charge in [-0.05, 0) is 13.8 Å². The summed E-state index contributed by atoms with van der Waals surface area (Å²) in [6.45, 7) is 3.74. The Morgan fingerprint density at radius 3 is 2.53 bits per heavy atom. The summed E-state index contributed by atoms with van der Waals surface area (Å²) < 4.78 is 72.9. The zero-order valence-electron chi connectivity index (χ0n) is 16.6. The van der Waals surface area contributed by atoms with E-state index in [1.165, 1.54) is 15.1 Å². The van der Waals surface area contributed by atoms with Crippen molar-refractivity contribution in [1.29, 1.82) is 0 Å². The number of nitrogens with zero attached hydrogens (tertiary/aromatic N) is 5. The van der Waals surface area contributed by atoms with E-state index in [2.05, 4.69) is 10.1 Å². The first kappa shape index (κ1) is 21.1. The van der Waals surface area contributed by atoms with Crippen molar-refractivity contribution in [3.05, 3.63) is 18.1 Å². The van der Waals surface area contributed by atoms with E-state index < -0.39 is 33.7 Å². The summed E-state index contributed by atoms with van der Waals surface area (Å²) in [7, 11) is -3.20. The molecule has 166 valence electrons. The molecule has 0 unspecified atom stereocenters. The fraction of sp³-hybridized carbons (Fsp3) is 0.647. The van der Waals surface area contributed by atoms with Crippen molar-refractivity contribution in [1.82, 2.24) is 23.6 Å². The van der Waals surface area contributed by atoms with Crippen LogP contribution in [0.1, 0.15) is 25.7 Å². The molecule has 0 amide bonds. The molecule has 1 N–H and O–H groups in total. The van der Waals surface area contributed by atoms with Gasteiger partial charge in [0.1, 0.15) is 0 Å². The van der Waals surface area contributed by atoms with Crippen LogP contribution < -0.4 is 4.74 Å². The predicted molar refractivity (Wildman–Crippen MR) is 99.2 cm³/mol. The summed E-state index contributed by atoms with van der Waals surface area (Å²) in [4.78, 5) is 3.87. The van der Waals surface area contributed by atoms with E-state index in [-0.39, 0.29) is 19.1 Å². The van der Waals surface area contributed by atoms with Crippen LogP contribution in [0.5, 0.6) is 5.88 Å². The van der Waals surface area contributed by atoms with Crippen LogP contribution in [-0.4, -0.2) is 69.3 Å². The molecule has 1 saturated heterocycles. The van der Waals surface area contributed by atoms with Gasteiger partial charge in [-0.2, -0.15) is 13.2 Å². The van der Waals surface area contributed by atoms with Crippen molar-refractivity contribution in [3.8, 4) is 17.3 Å². The van der Waals surface area contributed by atoms with Crippen LogP contribution in [-0.2, 0) is 22.2 Å². The monoisotopic (exact) mass is 449 g/mol. The summed E-state index contributed by atoms with van der Waals surface area (Å²) in [5, 5.41) is 14.4. The number of hydrogen-bond acceptors (Lipinski definition) is 6. The van der Waals surface area contributed by atoms with Gasteiger partial charge in [-0.25, -0.2) is 17.7 Å². The molecule has 0 aliphatic carbocycles. The number of aromatic nitrogens is 4. The second-order valence-corrected chi connectivity index (χ2v) is 10.0. The number of hydrogen-bond donors (Lipinski definition) is 1. The van der Waals surface area contributed by atoms with Crippen LogP contribution in [0, 0.1) is 5.92 Å². The van der Waals surface area contributed by atoms with E-state index >= 15 is 0 Å². The average molecular weight is 449 g/mol. The van der Waals surface area contributed by atoms with E-state index in [0.717, 1.165) is 6.26 Å². The van der Waals surface area contributed by atoms with Gasteiger partial charge in [-0.1, -0.05) is 0 Å². The highest BCUT2D eigenvalue weighted by Gasteiger charge is 2.55. The lowest BCUT2D eigenvalue weighted by atomic mass is 10.0. The number of rotatable bonds is 5. The first-order valence-electron chi connectivity index (χ1n) is 9.32. The van der Waals surface area contributed by atoms with Crippen molar-refractivity contribution >= 4 is 10.0 Å². The van der Waals surface area contributed by atoms with Crippen molar-refractivity contribution in [2.45, 2.75) is 38.2 Å². The second-order valence-electron chi connectivity index (χ2n) is 8.06. The Morgan fingerprint density at radius 1 is 1.27 bits per heavy atom. The maximum absolute atomic E-state index is 13.3. The molecule has 2 atom stereocenters. The van der Waals surface area contributed by atoms with Gasteiger partial charge in [-0.15, -0.1) is 5.10 Å². The number of halogens is 3. The Balaban J connectivity index is 1.54. The van der Waals surface area contributed by atoms with Crippen LogP contribution in [0.25, 0.3) is 11.4 Å². The molecule has 1 fully saturated rings. The highest BCUT2D eigenvalue weighted by molar-refractivity contribution is 7.88. The normalized spacial score (nSPS) is 22.2. The highest BCUT2D eigenvalue weighted by Crippen LogP contribution is 2.42. The van der Waals surface area contributed by atoms with Gasteiger partial charge < -0.3 is 14.4 Å². The molecule has 2 aromatic heterocycles. The Kier molecular flexibility index (Phi) is 4.71. The molecule has 2 aromatic rings. The van der Waals surface area contributed by atoms with E-state index in [0.29, 0.717) is 37.3 Å². The molecule has 9 nitrogen and oxygen atoms in total. The summed E-state index contributed by atoms with van der Waals surface area (Å²) in [5.41, 5.74) is -2.15. The van der Waals surface area contributed by atoms with Crippen LogP contribution in [0.4, 0.5) is 13.2 Å². The molecule has 4 heterocycles. The first-order chi connectivity index (χ1) is 13.8. The third-order valence-electron chi connectivity index (χ3n) is 5.54. The number of imidazole rings is 1. The third-order valence-corrected chi connectivity index (χ3v) is 6.78. The minimum Gasteiger partial charge on any atom is -0.476 e. The summed E-state index contributed by atoms with van der Waals surface area (Å²) in [6.07, 6.45) is -2.43. The van der Waals surface area contributed by atoms with Gasteiger partial charge >= 0.3 is 6.18 Å². The van der Waals surface area contributed by atoms with Crippen molar-refractivity contribution in [2.75, 3.05) is 26.0 Å². The summed E-state index contributed by atoms with van der Waals surface area (Å²) in [6, 6.07) is 1.19. The number of ether oxygens (including phenoxy) is 1. The molecular formula is C17H22F3N5O4S. The standard InChI is InChI=1S/C17H22F3N5O4S/c1-10-6-24-12(13-5-21-15(25(10)13)16(2,26)17(18,19)20)4-14(22-24)29-9-11-7-23(8-11)30(3,27)28/h4-5,10-11,26H,6-9H2,1-3H3/t10-,16+/m0/s1. The Labute approximate surface area is 171 Å². The summed E-state index contributed by atoms with van der Waals surface area (Å²) >= 11 is 0. The number of sulfonamides is 1. The van der Waals surface area contributed by atoms with E-state index in [9.17, 15) is 26.7 Å². The van der Waals surface area contributed by atoms with Gasteiger partial charge in [0.2, 0.25) is 21.5 Å². The van der Waals surface area contributed by atoms with Gasteiger partial charge in [0.25, 0.3) is 0 Å². The minimum absolute atomic E-state index is 0.0522. The zero-order valence-corrected chi connectivity index (χ0v) is 17.4. The number of fused-ring (bicyclic) bond motifs is 3. The molecule has 0 bridgehead atoms. The van der Waals surface area contributed by atoms with Gasteiger partial charge in [0.05, 0.1) is 43.0 Å². The number of aliphatic hydroxyl groups is 1. The van der Waals surface area contributed by atoms with E-state index in [1.54, 1.807) is 17.7 Å². The van der Waals surface area contributed by atoms with Gasteiger partial charge in [0, 0.05) is 25.1 Å². The molecule has 4 rings (SSSR count). The van der Waals surface area contributed by atoms with Crippen molar-refractivity contribution in [2.24, 2.45) is 5.92 Å². The molecule has 0 radical (unpaired) electrons. The van der Waals surface area contributed by atoms with Crippen LogP contribution >= 0.6 is 0 Å². The lowest BCUT2D eigenvalue weighted by Crippen LogP contribution is -2.51. The molecular weight excluding hydrogens is 427 g/mol. The van der Waals surface area contributed by atoms with Crippen LogP contribution in [0.2, 0.25) is 0 Å². The van der Waals surface area contributed by atoms with Crippen molar-refractivity contribution < 1.29 is 31.4 Å². The maximum atomic E-state index is 13.3. The summed E-state index contributed by atoms with van der Waals surface area (Å²) in [5.74, 6) is -0.118. The lowest BCUT2D eigenvalue weighted by Gasteiger charge is -2.36. The van der Waals surface area contributed by atoms with Crippen LogP contribution in [0.15, 0.2) is 12.3 Å². The van der Waals surface area contributed by atoms with E-state index in [1.807, 2.05) is 0 Å². The van der Waals surface area contributed by atoms with Gasteiger partial charge in [-0.3, -0.25) is 4.68 Å². The first-order valence-corrected chi connectivity index (χ1v) is 11.2. The second kappa shape index (κ2) is 6.69. The predicted octanol–water partition coefficient (Wildman–Crippen LogP) is 1.36. The fourth-order valence-corrected chi connectivity index (χ4v) is 4.69. The van der Waals surface area contributed by atoms with Crippen LogP contribution in [0.3, 0.4) is 0 Å². The lowest BCUT2D eigenvalue weighted by molar-refractivity contribution is -0.262. The Morgan fingerprint density at radius 2 is 1.93 bits per heavy atom. The Bertz CT molecular complexity index is 1070. The molecule has 0 aromatic carbocycles. The third kappa shape index (κ3) is 3.38. The van der Waals surface area contributed by atoms with Gasteiger partial charge in [0.15, 0.2) is 5.82 Å². The number of alkyl halides is 3. The van der Waals surface area contributed by atoms with E-state index in [4.69, 9.17) is 4.74 Å². The average Bonchev–Trinajstić information content (AvgIpc) is 3.15. The highest BCUT2D eigenvalue weighted by atomic mass is 32.2. The largest absolute Gasteiger partial charge is 0.476 e. The minimum atomic E-state index is -4.87. The molecule has 0 saturated carbocycles. The molecule has 2 aliphatic heterocycles.